The first-order valence-corrected chi connectivity index (χ1v) is 8.34. The van der Waals surface area contributed by atoms with Crippen molar-refractivity contribution >= 4 is 34.1 Å². The van der Waals surface area contributed by atoms with Crippen LogP contribution in [0.3, 0.4) is 0 Å². The van der Waals surface area contributed by atoms with E-state index in [9.17, 15) is 8.42 Å². The minimum Gasteiger partial charge on any atom is -0.492 e. The third-order valence-corrected chi connectivity index (χ3v) is 4.53. The number of hydrogen-bond acceptors (Lipinski definition) is 5. The highest BCUT2D eigenvalue weighted by Crippen LogP contribution is 2.30. The van der Waals surface area contributed by atoms with E-state index in [-0.39, 0.29) is 18.2 Å². The maximum atomic E-state index is 11.5. The van der Waals surface area contributed by atoms with Crippen molar-refractivity contribution in [3.8, 4) is 5.75 Å². The largest absolute Gasteiger partial charge is 0.492 e. The molecule has 0 saturated carbocycles. The predicted molar refractivity (Wildman–Crippen MR) is 88.0 cm³/mol. The highest BCUT2D eigenvalue weighted by molar-refractivity contribution is 7.91. The number of ether oxygens (including phenoxy) is 1. The summed E-state index contributed by atoms with van der Waals surface area (Å²) in [7, 11) is -3.75. The zero-order valence-electron chi connectivity index (χ0n) is 11.9. The van der Waals surface area contributed by atoms with Gasteiger partial charge in [0.05, 0.1) is 17.9 Å². The molecule has 2 aliphatic rings. The van der Waals surface area contributed by atoms with E-state index >= 15 is 0 Å². The number of rotatable bonds is 3. The second-order valence-corrected chi connectivity index (χ2v) is 6.59. The molecule has 1 saturated heterocycles. The molecule has 1 unspecified atom stereocenters. The Bertz CT molecular complexity index is 672. The molecule has 0 bridgehead atoms. The first kappa shape index (κ1) is 16.9. The number of anilines is 1. The minimum absolute atomic E-state index is 0. The molecule has 3 rings (SSSR count). The van der Waals surface area contributed by atoms with Gasteiger partial charge in [0.2, 0.25) is 0 Å². The minimum atomic E-state index is -3.75. The Morgan fingerprint density at radius 3 is 2.95 bits per heavy atom. The smallest absolute Gasteiger partial charge is 0.344 e. The van der Waals surface area contributed by atoms with E-state index in [1.54, 1.807) is 18.2 Å². The summed E-state index contributed by atoms with van der Waals surface area (Å²) in [5.41, 5.74) is 6.68. The summed E-state index contributed by atoms with van der Waals surface area (Å²) in [5.74, 6) is 0.968. The summed E-state index contributed by atoms with van der Waals surface area (Å²) >= 11 is 0. The molecule has 0 spiro atoms. The molecule has 1 fully saturated rings. The van der Waals surface area contributed by atoms with E-state index in [1.807, 2.05) is 0 Å². The number of piperidine rings is 1. The summed E-state index contributed by atoms with van der Waals surface area (Å²) in [6, 6.07) is 5.15. The van der Waals surface area contributed by atoms with Crippen LogP contribution < -0.4 is 20.5 Å². The second-order valence-electron chi connectivity index (χ2n) is 5.26. The van der Waals surface area contributed by atoms with Crippen LogP contribution in [0, 0.1) is 5.92 Å². The van der Waals surface area contributed by atoms with Crippen LogP contribution in [0.5, 0.6) is 5.75 Å². The van der Waals surface area contributed by atoms with Crippen molar-refractivity contribution in [1.82, 2.24) is 5.32 Å². The Labute approximate surface area is 135 Å². The van der Waals surface area contributed by atoms with E-state index in [4.69, 9.17) is 10.5 Å². The molecular formula is C13H19ClN4O3S. The molecule has 0 radical (unpaired) electrons. The highest BCUT2D eigenvalue weighted by atomic mass is 35.5. The Morgan fingerprint density at radius 2 is 2.23 bits per heavy atom. The molecule has 2 heterocycles. The Morgan fingerprint density at radius 1 is 1.41 bits per heavy atom. The predicted octanol–water partition coefficient (Wildman–Crippen LogP) is 0.862. The number of nitrogens with zero attached hydrogens (tertiary/aromatic N) is 1. The van der Waals surface area contributed by atoms with Crippen LogP contribution in [0.1, 0.15) is 18.4 Å². The zero-order chi connectivity index (χ0) is 14.9. The van der Waals surface area contributed by atoms with Gasteiger partial charge in [-0.25, -0.2) is 0 Å². The van der Waals surface area contributed by atoms with Crippen molar-refractivity contribution in [3.05, 3.63) is 23.8 Å². The van der Waals surface area contributed by atoms with Crippen molar-refractivity contribution in [2.45, 2.75) is 12.8 Å². The van der Waals surface area contributed by atoms with Crippen LogP contribution in [0.15, 0.2) is 22.6 Å². The lowest BCUT2D eigenvalue weighted by atomic mass is 10.0. The van der Waals surface area contributed by atoms with Crippen molar-refractivity contribution in [2.75, 3.05) is 24.4 Å². The third-order valence-electron chi connectivity index (χ3n) is 3.61. The average Bonchev–Trinajstić information content (AvgIpc) is 2.44. The molecule has 9 heteroatoms. The number of fused-ring (bicyclic) bond motifs is 1. The molecule has 0 aromatic heterocycles. The molecule has 1 atom stereocenters. The van der Waals surface area contributed by atoms with Crippen LogP contribution in [0.2, 0.25) is 0 Å². The van der Waals surface area contributed by atoms with Gasteiger partial charge in [-0.1, -0.05) is 6.07 Å². The van der Waals surface area contributed by atoms with Gasteiger partial charge in [0.1, 0.15) is 5.75 Å². The molecule has 122 valence electrons. The molecule has 2 aliphatic heterocycles. The second kappa shape index (κ2) is 6.72. The molecule has 0 amide bonds. The average molecular weight is 347 g/mol. The van der Waals surface area contributed by atoms with Gasteiger partial charge in [0.15, 0.2) is 5.84 Å². The first-order chi connectivity index (χ1) is 10.1. The summed E-state index contributed by atoms with van der Waals surface area (Å²) in [6.07, 6.45) is 2.27. The van der Waals surface area contributed by atoms with E-state index in [1.165, 1.54) is 0 Å². The Kier molecular flexibility index (Phi) is 5.15. The van der Waals surface area contributed by atoms with Crippen molar-refractivity contribution in [3.63, 3.8) is 0 Å². The Balaban J connectivity index is 0.00000176. The fraction of sp³-hybridized carbons (Fsp3) is 0.462. The van der Waals surface area contributed by atoms with E-state index < -0.39 is 10.2 Å². The Hall–Kier alpha value is -1.51. The molecule has 7 nitrogen and oxygen atoms in total. The van der Waals surface area contributed by atoms with Gasteiger partial charge < -0.3 is 15.8 Å². The topological polar surface area (TPSA) is 106 Å². The zero-order valence-corrected chi connectivity index (χ0v) is 13.5. The van der Waals surface area contributed by atoms with Crippen LogP contribution >= 0.6 is 12.4 Å². The maximum absolute atomic E-state index is 11.5. The number of nitrogens with one attached hydrogen (secondary N) is 2. The number of benzene rings is 1. The van der Waals surface area contributed by atoms with Gasteiger partial charge in [-0.3, -0.25) is 4.72 Å². The van der Waals surface area contributed by atoms with E-state index in [0.29, 0.717) is 29.5 Å². The lowest BCUT2D eigenvalue weighted by Crippen LogP contribution is -2.33. The van der Waals surface area contributed by atoms with Crippen LogP contribution in [0.4, 0.5) is 5.69 Å². The molecule has 0 aliphatic carbocycles. The lowest BCUT2D eigenvalue weighted by molar-refractivity contribution is 0.218. The number of nitrogens with two attached hydrogens (primary N) is 1. The van der Waals surface area contributed by atoms with Crippen LogP contribution in [0.25, 0.3) is 0 Å². The molecule has 1 aromatic carbocycles. The highest BCUT2D eigenvalue weighted by Gasteiger charge is 2.24. The van der Waals surface area contributed by atoms with Crippen molar-refractivity contribution in [2.24, 2.45) is 16.0 Å². The van der Waals surface area contributed by atoms with E-state index in [2.05, 4.69) is 14.4 Å². The van der Waals surface area contributed by atoms with Gasteiger partial charge in [0.25, 0.3) is 0 Å². The van der Waals surface area contributed by atoms with Crippen molar-refractivity contribution < 1.29 is 13.2 Å². The SMILES string of the molecule is Cl.NC1=NS(=O)(=O)Nc2cccc(OCC3CCCNC3)c21. The van der Waals surface area contributed by atoms with Crippen LogP contribution in [-0.4, -0.2) is 33.9 Å². The quantitative estimate of drug-likeness (QED) is 0.752. The lowest BCUT2D eigenvalue weighted by Gasteiger charge is -2.24. The molecule has 22 heavy (non-hydrogen) atoms. The van der Waals surface area contributed by atoms with Gasteiger partial charge >= 0.3 is 10.2 Å². The number of halogens is 1. The number of amidine groups is 1. The standard InChI is InChI=1S/C13H18N4O3S.ClH/c14-13-12-10(16-21(18,19)17-13)4-1-5-11(12)20-8-9-3-2-6-15-7-9;/h1,4-5,9,15-16H,2-3,6-8H2,(H2,14,17);1H. The summed E-state index contributed by atoms with van der Waals surface area (Å²) in [5, 5.41) is 3.33. The van der Waals surface area contributed by atoms with Crippen molar-refractivity contribution in [1.29, 1.82) is 0 Å². The molecule has 4 N–H and O–H groups in total. The first-order valence-electron chi connectivity index (χ1n) is 6.90. The summed E-state index contributed by atoms with van der Waals surface area (Å²) < 4.78 is 34.7. The summed E-state index contributed by atoms with van der Waals surface area (Å²) in [4.78, 5) is 0. The monoisotopic (exact) mass is 346 g/mol. The van der Waals surface area contributed by atoms with Gasteiger partial charge in [0, 0.05) is 12.5 Å². The normalized spacial score (nSPS) is 22.5. The fourth-order valence-electron chi connectivity index (χ4n) is 2.61. The van der Waals surface area contributed by atoms with Gasteiger partial charge in [-0.2, -0.15) is 8.42 Å². The third kappa shape index (κ3) is 3.63. The number of hydrogen-bond donors (Lipinski definition) is 3. The molecular weight excluding hydrogens is 328 g/mol. The van der Waals surface area contributed by atoms with E-state index in [0.717, 1.165) is 25.9 Å². The maximum Gasteiger partial charge on any atom is 0.344 e. The molecule has 1 aromatic rings. The summed E-state index contributed by atoms with van der Waals surface area (Å²) in [6.45, 7) is 2.56. The fourth-order valence-corrected chi connectivity index (χ4v) is 3.46. The van der Waals surface area contributed by atoms with Crippen LogP contribution in [-0.2, 0) is 10.2 Å². The van der Waals surface area contributed by atoms with Gasteiger partial charge in [-0.05, 0) is 31.5 Å². The van der Waals surface area contributed by atoms with Gasteiger partial charge in [-0.15, -0.1) is 16.8 Å².